The molecule has 4 aromatic rings. The number of methoxy groups -OCH3 is 1. The van der Waals surface area contributed by atoms with Crippen LogP contribution in [0.2, 0.25) is 0 Å². The lowest BCUT2D eigenvalue weighted by molar-refractivity contribution is -0.385. The second-order valence-electron chi connectivity index (χ2n) is 7.86. The Hall–Kier alpha value is -5.26. The number of hydrogen-bond acceptors (Lipinski definition) is 9. The summed E-state index contributed by atoms with van der Waals surface area (Å²) in [6.45, 7) is 2.01. The standard InChI is InChI=1S/C25H20N4O8/c1-15-9-23(36-14-16-3-5-19(6-4-16)28(31)32)22(35-2)12-18(15)13-26-27-25(30)24-11-17-10-20(29(33)34)7-8-21(17)37-24/h3-13H,14H2,1-2H3,(H,27,30)/b26-13+. The summed E-state index contributed by atoms with van der Waals surface area (Å²) in [6, 6.07) is 14.9. The number of amides is 1. The third-order valence-electron chi connectivity index (χ3n) is 5.40. The minimum atomic E-state index is -0.622. The van der Waals surface area contributed by atoms with Crippen LogP contribution in [0.5, 0.6) is 11.5 Å². The Bertz CT molecular complexity index is 1530. The van der Waals surface area contributed by atoms with E-state index in [2.05, 4.69) is 10.5 Å². The smallest absolute Gasteiger partial charge is 0.307 e. The molecule has 3 aromatic carbocycles. The van der Waals surface area contributed by atoms with Crippen molar-refractivity contribution in [3.05, 3.63) is 103 Å². The molecule has 0 unspecified atom stereocenters. The van der Waals surface area contributed by atoms with Crippen LogP contribution in [0.4, 0.5) is 11.4 Å². The van der Waals surface area contributed by atoms with Crippen LogP contribution in [0, 0.1) is 27.2 Å². The van der Waals surface area contributed by atoms with Crippen LogP contribution in [0.3, 0.4) is 0 Å². The molecule has 1 N–H and O–H groups in total. The minimum Gasteiger partial charge on any atom is -0.493 e. The largest absolute Gasteiger partial charge is 0.493 e. The molecule has 37 heavy (non-hydrogen) atoms. The predicted molar refractivity (Wildman–Crippen MR) is 133 cm³/mol. The fourth-order valence-corrected chi connectivity index (χ4v) is 3.44. The Balaban J connectivity index is 1.43. The number of aryl methyl sites for hydroxylation is 1. The van der Waals surface area contributed by atoms with Crippen molar-refractivity contribution in [3.63, 3.8) is 0 Å². The maximum absolute atomic E-state index is 12.4. The molecule has 12 nitrogen and oxygen atoms in total. The first-order valence-corrected chi connectivity index (χ1v) is 10.8. The van der Waals surface area contributed by atoms with E-state index in [9.17, 15) is 25.0 Å². The number of nitro groups is 2. The number of carbonyl (C=O) groups excluding carboxylic acids is 1. The molecule has 0 aliphatic carbocycles. The Morgan fingerprint density at radius 3 is 2.38 bits per heavy atom. The summed E-state index contributed by atoms with van der Waals surface area (Å²) in [5, 5.41) is 26.1. The van der Waals surface area contributed by atoms with Gasteiger partial charge in [-0.05, 0) is 54.4 Å². The molecule has 0 atom stereocenters. The van der Waals surface area contributed by atoms with Crippen molar-refractivity contribution in [1.82, 2.24) is 5.43 Å². The highest BCUT2D eigenvalue weighted by atomic mass is 16.6. The molecular weight excluding hydrogens is 484 g/mol. The van der Waals surface area contributed by atoms with Gasteiger partial charge in [-0.1, -0.05) is 0 Å². The summed E-state index contributed by atoms with van der Waals surface area (Å²) < 4.78 is 16.7. The summed E-state index contributed by atoms with van der Waals surface area (Å²) in [5.41, 5.74) is 4.78. The van der Waals surface area contributed by atoms with Crippen LogP contribution in [-0.4, -0.2) is 29.1 Å². The van der Waals surface area contributed by atoms with E-state index in [0.717, 1.165) is 11.1 Å². The van der Waals surface area contributed by atoms with Gasteiger partial charge in [0, 0.05) is 35.2 Å². The van der Waals surface area contributed by atoms with E-state index in [1.807, 2.05) is 6.92 Å². The molecule has 0 fully saturated rings. The molecule has 4 rings (SSSR count). The number of nitrogens with one attached hydrogen (secondary N) is 1. The lowest BCUT2D eigenvalue weighted by atomic mass is 10.1. The molecular formula is C25H20N4O8. The third kappa shape index (κ3) is 5.70. The maximum atomic E-state index is 12.4. The first-order valence-electron chi connectivity index (χ1n) is 10.8. The van der Waals surface area contributed by atoms with E-state index in [-0.39, 0.29) is 23.7 Å². The van der Waals surface area contributed by atoms with E-state index in [1.165, 1.54) is 49.7 Å². The molecule has 0 spiro atoms. The van der Waals surface area contributed by atoms with Gasteiger partial charge in [-0.3, -0.25) is 25.0 Å². The lowest BCUT2D eigenvalue weighted by Crippen LogP contribution is -2.16. The number of hydrogen-bond donors (Lipinski definition) is 1. The van der Waals surface area contributed by atoms with Crippen molar-refractivity contribution in [1.29, 1.82) is 0 Å². The molecule has 188 valence electrons. The Morgan fingerprint density at radius 2 is 1.70 bits per heavy atom. The van der Waals surface area contributed by atoms with Crippen molar-refractivity contribution >= 4 is 34.5 Å². The van der Waals surface area contributed by atoms with Gasteiger partial charge in [-0.25, -0.2) is 5.43 Å². The molecule has 1 amide bonds. The molecule has 0 bridgehead atoms. The van der Waals surface area contributed by atoms with Crippen LogP contribution >= 0.6 is 0 Å². The zero-order valence-electron chi connectivity index (χ0n) is 19.7. The van der Waals surface area contributed by atoms with Crippen molar-refractivity contribution in [3.8, 4) is 11.5 Å². The summed E-state index contributed by atoms with van der Waals surface area (Å²) in [4.78, 5) is 33.2. The van der Waals surface area contributed by atoms with Crippen LogP contribution in [-0.2, 0) is 6.61 Å². The first-order chi connectivity index (χ1) is 17.7. The van der Waals surface area contributed by atoms with Crippen LogP contribution in [0.25, 0.3) is 11.0 Å². The van der Waals surface area contributed by atoms with Gasteiger partial charge in [-0.15, -0.1) is 0 Å². The number of benzene rings is 3. The molecule has 1 heterocycles. The van der Waals surface area contributed by atoms with E-state index < -0.39 is 15.8 Å². The minimum absolute atomic E-state index is 0.00259. The highest BCUT2D eigenvalue weighted by molar-refractivity contribution is 5.97. The topological polar surface area (TPSA) is 159 Å². The molecule has 0 saturated carbocycles. The van der Waals surface area contributed by atoms with Gasteiger partial charge in [0.1, 0.15) is 12.2 Å². The van der Waals surface area contributed by atoms with Gasteiger partial charge in [0.2, 0.25) is 0 Å². The molecule has 0 aliphatic heterocycles. The van der Waals surface area contributed by atoms with Gasteiger partial charge >= 0.3 is 5.91 Å². The van der Waals surface area contributed by atoms with Crippen molar-refractivity contribution in [2.24, 2.45) is 5.10 Å². The molecule has 0 aliphatic rings. The fourth-order valence-electron chi connectivity index (χ4n) is 3.44. The van der Waals surface area contributed by atoms with Gasteiger partial charge in [-0.2, -0.15) is 5.10 Å². The summed E-state index contributed by atoms with van der Waals surface area (Å²) in [6.07, 6.45) is 1.43. The highest BCUT2D eigenvalue weighted by Gasteiger charge is 2.15. The number of rotatable bonds is 9. The molecule has 12 heteroatoms. The molecule has 0 radical (unpaired) electrons. The number of hydrazone groups is 1. The number of fused-ring (bicyclic) bond motifs is 1. The average molecular weight is 504 g/mol. The molecule has 1 aromatic heterocycles. The van der Waals surface area contributed by atoms with Crippen molar-refractivity contribution in [2.45, 2.75) is 13.5 Å². The van der Waals surface area contributed by atoms with E-state index in [0.29, 0.717) is 28.0 Å². The van der Waals surface area contributed by atoms with E-state index in [4.69, 9.17) is 13.9 Å². The van der Waals surface area contributed by atoms with Crippen molar-refractivity contribution < 1.29 is 28.5 Å². The van der Waals surface area contributed by atoms with Gasteiger partial charge in [0.05, 0.1) is 23.2 Å². The predicted octanol–water partition coefficient (Wildman–Crippen LogP) is 4.91. The van der Waals surface area contributed by atoms with Gasteiger partial charge in [0.25, 0.3) is 11.4 Å². The monoisotopic (exact) mass is 504 g/mol. The zero-order chi connectivity index (χ0) is 26.5. The number of furan rings is 1. The second kappa shape index (κ2) is 10.6. The number of non-ortho nitro benzene ring substituents is 2. The Labute approximate surface area is 209 Å². The van der Waals surface area contributed by atoms with Crippen LogP contribution in [0.1, 0.15) is 27.2 Å². The maximum Gasteiger partial charge on any atom is 0.307 e. The second-order valence-corrected chi connectivity index (χ2v) is 7.86. The van der Waals surface area contributed by atoms with Gasteiger partial charge in [0.15, 0.2) is 17.3 Å². The summed E-state index contributed by atoms with van der Waals surface area (Å²) in [7, 11) is 1.48. The normalized spacial score (nSPS) is 11.0. The van der Waals surface area contributed by atoms with Crippen LogP contribution < -0.4 is 14.9 Å². The number of ether oxygens (including phenoxy) is 2. The van der Waals surface area contributed by atoms with Gasteiger partial charge < -0.3 is 13.9 Å². The SMILES string of the molecule is COc1cc(/C=N/NC(=O)c2cc3cc([N+](=O)[O-])ccc3o2)c(C)cc1OCc1ccc([N+](=O)[O-])cc1. The first kappa shape index (κ1) is 24.9. The zero-order valence-corrected chi connectivity index (χ0v) is 19.7. The third-order valence-corrected chi connectivity index (χ3v) is 5.40. The van der Waals surface area contributed by atoms with Crippen LogP contribution in [0.15, 0.2) is 70.2 Å². The van der Waals surface area contributed by atoms with E-state index >= 15 is 0 Å². The Kier molecular flexibility index (Phi) is 7.09. The fraction of sp³-hybridized carbons (Fsp3) is 0.120. The Morgan fingerprint density at radius 1 is 1.00 bits per heavy atom. The summed E-state index contributed by atoms with van der Waals surface area (Å²) >= 11 is 0. The number of nitro benzene ring substituents is 2. The highest BCUT2D eigenvalue weighted by Crippen LogP contribution is 2.31. The van der Waals surface area contributed by atoms with Crippen molar-refractivity contribution in [2.75, 3.05) is 7.11 Å². The summed E-state index contributed by atoms with van der Waals surface area (Å²) in [5.74, 6) is 0.231. The lowest BCUT2D eigenvalue weighted by Gasteiger charge is -2.13. The molecule has 0 saturated heterocycles. The number of carbonyl (C=O) groups is 1. The average Bonchev–Trinajstić information content (AvgIpc) is 3.32. The van der Waals surface area contributed by atoms with E-state index in [1.54, 1.807) is 24.3 Å². The number of nitrogens with zero attached hydrogens (tertiary/aromatic N) is 3. The quantitative estimate of drug-likeness (QED) is 0.191.